The maximum absolute atomic E-state index is 11.3. The predicted molar refractivity (Wildman–Crippen MR) is 61.7 cm³/mol. The van der Waals surface area contributed by atoms with E-state index in [9.17, 15) is 9.59 Å². The van der Waals surface area contributed by atoms with E-state index in [1.165, 1.54) is 5.57 Å². The average Bonchev–Trinajstić information content (AvgIpc) is 2.54. The van der Waals surface area contributed by atoms with Crippen LogP contribution in [-0.4, -0.2) is 11.9 Å². The van der Waals surface area contributed by atoms with Gasteiger partial charge in [-0.05, 0) is 19.3 Å². The fraction of sp³-hybridized carbons (Fsp3) is 0.692. The summed E-state index contributed by atoms with van der Waals surface area (Å²) in [5.74, 6) is -1.10. The SMILES string of the molecule is CCCCC(=CC1CC(=O)OC1=O)CCC. The van der Waals surface area contributed by atoms with E-state index in [1.807, 2.05) is 6.08 Å². The Bertz CT molecular complexity index is 292. The monoisotopic (exact) mass is 224 g/mol. The van der Waals surface area contributed by atoms with E-state index in [1.54, 1.807) is 0 Å². The first-order valence-corrected chi connectivity index (χ1v) is 6.11. The molecule has 0 amide bonds. The summed E-state index contributed by atoms with van der Waals surface area (Å²) in [4.78, 5) is 22.3. The largest absolute Gasteiger partial charge is 0.393 e. The van der Waals surface area contributed by atoms with Gasteiger partial charge in [0.05, 0.1) is 12.3 Å². The van der Waals surface area contributed by atoms with Gasteiger partial charge in [-0.2, -0.15) is 0 Å². The number of cyclic esters (lactones) is 2. The first-order chi connectivity index (χ1) is 7.67. The van der Waals surface area contributed by atoms with E-state index in [0.717, 1.165) is 32.1 Å². The quantitative estimate of drug-likeness (QED) is 0.396. The Hall–Kier alpha value is -1.12. The Kier molecular flexibility index (Phi) is 5.23. The van der Waals surface area contributed by atoms with Crippen molar-refractivity contribution in [2.24, 2.45) is 5.92 Å². The smallest absolute Gasteiger partial charge is 0.321 e. The van der Waals surface area contributed by atoms with Gasteiger partial charge in [0.25, 0.3) is 0 Å². The molecule has 3 heteroatoms. The number of ether oxygens (including phenoxy) is 1. The second-order valence-corrected chi connectivity index (χ2v) is 4.28. The molecule has 1 unspecified atom stereocenters. The lowest BCUT2D eigenvalue weighted by Crippen LogP contribution is -2.05. The number of carbonyl (C=O) groups is 2. The van der Waals surface area contributed by atoms with Crippen LogP contribution in [0.15, 0.2) is 11.6 Å². The van der Waals surface area contributed by atoms with Gasteiger partial charge in [0.1, 0.15) is 0 Å². The van der Waals surface area contributed by atoms with Crippen molar-refractivity contribution in [3.05, 3.63) is 11.6 Å². The van der Waals surface area contributed by atoms with Crippen molar-refractivity contribution in [3.63, 3.8) is 0 Å². The molecule has 1 aliphatic heterocycles. The summed E-state index contributed by atoms with van der Waals surface area (Å²) in [6.07, 6.45) is 7.58. The maximum atomic E-state index is 11.3. The van der Waals surface area contributed by atoms with Crippen molar-refractivity contribution in [2.45, 2.75) is 52.4 Å². The first-order valence-electron chi connectivity index (χ1n) is 6.11. The van der Waals surface area contributed by atoms with Crippen LogP contribution in [0, 0.1) is 5.92 Å². The summed E-state index contributed by atoms with van der Waals surface area (Å²) in [6, 6.07) is 0. The van der Waals surface area contributed by atoms with Crippen molar-refractivity contribution < 1.29 is 14.3 Å². The number of hydrogen-bond acceptors (Lipinski definition) is 3. The molecule has 1 heterocycles. The summed E-state index contributed by atoms with van der Waals surface area (Å²) in [5.41, 5.74) is 1.29. The molecule has 1 saturated heterocycles. The number of rotatable bonds is 6. The van der Waals surface area contributed by atoms with Crippen molar-refractivity contribution in [1.82, 2.24) is 0 Å². The van der Waals surface area contributed by atoms with Gasteiger partial charge in [0.2, 0.25) is 0 Å². The summed E-state index contributed by atoms with van der Waals surface area (Å²) in [6.45, 7) is 4.27. The molecule has 1 rings (SSSR count). The van der Waals surface area contributed by atoms with Crippen molar-refractivity contribution in [2.75, 3.05) is 0 Å². The van der Waals surface area contributed by atoms with Gasteiger partial charge >= 0.3 is 11.9 Å². The first kappa shape index (κ1) is 12.9. The fourth-order valence-corrected chi connectivity index (χ4v) is 1.92. The fourth-order valence-electron chi connectivity index (χ4n) is 1.92. The second-order valence-electron chi connectivity index (χ2n) is 4.28. The Balaban J connectivity index is 2.61. The van der Waals surface area contributed by atoms with Crippen LogP contribution < -0.4 is 0 Å². The Morgan fingerprint density at radius 2 is 2.06 bits per heavy atom. The number of esters is 2. The molecule has 0 bridgehead atoms. The van der Waals surface area contributed by atoms with Crippen LogP contribution in [0.2, 0.25) is 0 Å². The normalized spacial score (nSPS) is 21.4. The van der Waals surface area contributed by atoms with E-state index in [-0.39, 0.29) is 18.3 Å². The van der Waals surface area contributed by atoms with Gasteiger partial charge < -0.3 is 4.74 Å². The molecule has 1 aliphatic rings. The molecule has 0 aliphatic carbocycles. The molecule has 0 N–H and O–H groups in total. The topological polar surface area (TPSA) is 43.4 Å². The van der Waals surface area contributed by atoms with Crippen molar-refractivity contribution in [1.29, 1.82) is 0 Å². The van der Waals surface area contributed by atoms with E-state index >= 15 is 0 Å². The highest BCUT2D eigenvalue weighted by Gasteiger charge is 2.31. The van der Waals surface area contributed by atoms with Gasteiger partial charge in [-0.1, -0.05) is 38.3 Å². The molecule has 3 nitrogen and oxygen atoms in total. The molecule has 0 spiro atoms. The third-order valence-electron chi connectivity index (χ3n) is 2.76. The minimum absolute atomic E-state index is 0.220. The number of carbonyl (C=O) groups excluding carboxylic acids is 2. The zero-order valence-electron chi connectivity index (χ0n) is 10.1. The van der Waals surface area contributed by atoms with E-state index in [4.69, 9.17) is 0 Å². The average molecular weight is 224 g/mol. The molecule has 0 aromatic heterocycles. The predicted octanol–water partition coefficient (Wildman–Crippen LogP) is 2.99. The van der Waals surface area contributed by atoms with Crippen LogP contribution in [0.5, 0.6) is 0 Å². The summed E-state index contributed by atoms with van der Waals surface area (Å²) >= 11 is 0. The van der Waals surface area contributed by atoms with Gasteiger partial charge in [0.15, 0.2) is 0 Å². The zero-order chi connectivity index (χ0) is 12.0. The van der Waals surface area contributed by atoms with Gasteiger partial charge in [-0.25, -0.2) is 0 Å². The molecule has 1 fully saturated rings. The molecular formula is C13H20O3. The molecule has 1 atom stereocenters. The second kappa shape index (κ2) is 6.46. The molecule has 0 aromatic rings. The van der Waals surface area contributed by atoms with Crippen LogP contribution in [0.1, 0.15) is 52.4 Å². The Morgan fingerprint density at radius 1 is 1.31 bits per heavy atom. The van der Waals surface area contributed by atoms with Crippen LogP contribution in [-0.2, 0) is 14.3 Å². The summed E-state index contributed by atoms with van der Waals surface area (Å²) in [5, 5.41) is 0. The molecule has 0 aromatic carbocycles. The minimum Gasteiger partial charge on any atom is -0.393 e. The molecule has 90 valence electrons. The molecule has 16 heavy (non-hydrogen) atoms. The summed E-state index contributed by atoms with van der Waals surface area (Å²) in [7, 11) is 0. The highest BCUT2D eigenvalue weighted by molar-refractivity contribution is 5.95. The summed E-state index contributed by atoms with van der Waals surface area (Å²) < 4.78 is 4.53. The van der Waals surface area contributed by atoms with Crippen LogP contribution >= 0.6 is 0 Å². The molecular weight excluding hydrogens is 204 g/mol. The van der Waals surface area contributed by atoms with Crippen LogP contribution in [0.3, 0.4) is 0 Å². The highest BCUT2D eigenvalue weighted by Crippen LogP contribution is 2.23. The van der Waals surface area contributed by atoms with Gasteiger partial charge in [-0.3, -0.25) is 9.59 Å². The lowest BCUT2D eigenvalue weighted by molar-refractivity contribution is -0.152. The van der Waals surface area contributed by atoms with Crippen LogP contribution in [0.25, 0.3) is 0 Å². The number of allylic oxidation sites excluding steroid dienone is 1. The lowest BCUT2D eigenvalue weighted by Gasteiger charge is -2.07. The number of unbranched alkanes of at least 4 members (excludes halogenated alkanes) is 1. The van der Waals surface area contributed by atoms with Crippen molar-refractivity contribution in [3.8, 4) is 0 Å². The van der Waals surface area contributed by atoms with Crippen LogP contribution in [0.4, 0.5) is 0 Å². The minimum atomic E-state index is -0.391. The van der Waals surface area contributed by atoms with E-state index < -0.39 is 5.97 Å². The molecule has 0 radical (unpaired) electrons. The third kappa shape index (κ3) is 3.80. The lowest BCUT2D eigenvalue weighted by atomic mass is 9.97. The third-order valence-corrected chi connectivity index (χ3v) is 2.76. The molecule has 0 saturated carbocycles. The van der Waals surface area contributed by atoms with Gasteiger partial charge in [0, 0.05) is 0 Å². The van der Waals surface area contributed by atoms with E-state index in [0.29, 0.717) is 0 Å². The zero-order valence-corrected chi connectivity index (χ0v) is 10.1. The Morgan fingerprint density at radius 3 is 2.56 bits per heavy atom. The Labute approximate surface area is 96.9 Å². The van der Waals surface area contributed by atoms with E-state index in [2.05, 4.69) is 18.6 Å². The van der Waals surface area contributed by atoms with Crippen molar-refractivity contribution >= 4 is 11.9 Å². The standard InChI is InChI=1S/C13H20O3/c1-3-5-7-10(6-4-2)8-11-9-12(14)16-13(11)15/h8,11H,3-7,9H2,1-2H3. The maximum Gasteiger partial charge on any atom is 0.321 e. The van der Waals surface area contributed by atoms with Gasteiger partial charge in [-0.15, -0.1) is 0 Å². The highest BCUT2D eigenvalue weighted by atomic mass is 16.6. The number of hydrogen-bond donors (Lipinski definition) is 0.